The van der Waals surface area contributed by atoms with E-state index in [4.69, 9.17) is 0 Å². The summed E-state index contributed by atoms with van der Waals surface area (Å²) in [5, 5.41) is 14.8. The van der Waals surface area contributed by atoms with Crippen molar-refractivity contribution in [3.63, 3.8) is 0 Å². The number of aryl methyl sites for hydroxylation is 1. The van der Waals surface area contributed by atoms with E-state index in [1.807, 2.05) is 17.1 Å². The van der Waals surface area contributed by atoms with Gasteiger partial charge in [0.05, 0.1) is 12.3 Å². The summed E-state index contributed by atoms with van der Waals surface area (Å²) in [6, 6.07) is 0. The molecule has 0 bridgehead atoms. The number of aliphatic hydroxyl groups excluding tert-OH is 1. The smallest absolute Gasteiger partial charge is 0.0873 e. The minimum atomic E-state index is -0.353. The van der Waals surface area contributed by atoms with Gasteiger partial charge in [0.2, 0.25) is 0 Å². The van der Waals surface area contributed by atoms with Crippen LogP contribution < -0.4 is 0 Å². The van der Waals surface area contributed by atoms with Crippen LogP contribution in [0.4, 0.5) is 0 Å². The Morgan fingerprint density at radius 3 is 2.76 bits per heavy atom. The predicted octanol–water partition coefficient (Wildman–Crippen LogP) is 3.30. The maximum absolute atomic E-state index is 10.5. The van der Waals surface area contributed by atoms with E-state index in [1.54, 1.807) is 0 Å². The molecule has 1 fully saturated rings. The van der Waals surface area contributed by atoms with Crippen molar-refractivity contribution in [2.75, 3.05) is 0 Å². The Balaban J connectivity index is 2.09. The Kier molecular flexibility index (Phi) is 3.87. The Bertz CT molecular complexity index is 353. The van der Waals surface area contributed by atoms with Crippen LogP contribution in [0.25, 0.3) is 0 Å². The second-order valence-corrected chi connectivity index (χ2v) is 5.65. The lowest BCUT2D eigenvalue weighted by molar-refractivity contribution is 0.00813. The van der Waals surface area contributed by atoms with Gasteiger partial charge in [-0.25, -0.2) is 0 Å². The minimum absolute atomic E-state index is 0.0539. The highest BCUT2D eigenvalue weighted by atomic mass is 16.3. The molecule has 1 aromatic rings. The van der Waals surface area contributed by atoms with Crippen LogP contribution in [-0.2, 0) is 6.54 Å². The summed E-state index contributed by atoms with van der Waals surface area (Å²) in [7, 11) is 0. The monoisotopic (exact) mass is 236 g/mol. The first-order valence-electron chi connectivity index (χ1n) is 6.86. The molecular weight excluding hydrogens is 212 g/mol. The molecule has 3 heteroatoms. The van der Waals surface area contributed by atoms with Crippen molar-refractivity contribution in [2.24, 2.45) is 5.41 Å². The Labute approximate surface area is 104 Å². The molecule has 3 nitrogen and oxygen atoms in total. The van der Waals surface area contributed by atoms with Gasteiger partial charge in [-0.2, -0.15) is 5.10 Å². The molecule has 96 valence electrons. The molecule has 1 unspecified atom stereocenters. The SMILES string of the molecule is CCCn1cc(C(O)C2(C)CCCCC2)cn1. The van der Waals surface area contributed by atoms with Crippen LogP contribution in [0.2, 0.25) is 0 Å². The molecule has 1 aliphatic rings. The second-order valence-electron chi connectivity index (χ2n) is 5.65. The van der Waals surface area contributed by atoms with Crippen molar-refractivity contribution in [2.45, 2.75) is 65.0 Å². The van der Waals surface area contributed by atoms with E-state index in [1.165, 1.54) is 19.3 Å². The molecule has 1 atom stereocenters. The van der Waals surface area contributed by atoms with Crippen molar-refractivity contribution < 1.29 is 5.11 Å². The van der Waals surface area contributed by atoms with Gasteiger partial charge >= 0.3 is 0 Å². The molecule has 0 spiro atoms. The molecule has 2 rings (SSSR count). The van der Waals surface area contributed by atoms with Gasteiger partial charge in [-0.05, 0) is 24.7 Å². The van der Waals surface area contributed by atoms with E-state index < -0.39 is 0 Å². The number of hydrogen-bond donors (Lipinski definition) is 1. The van der Waals surface area contributed by atoms with Crippen LogP contribution in [0.3, 0.4) is 0 Å². The quantitative estimate of drug-likeness (QED) is 0.871. The zero-order valence-corrected chi connectivity index (χ0v) is 11.0. The van der Waals surface area contributed by atoms with Crippen molar-refractivity contribution >= 4 is 0 Å². The topological polar surface area (TPSA) is 38.0 Å². The minimum Gasteiger partial charge on any atom is -0.388 e. The van der Waals surface area contributed by atoms with Gasteiger partial charge in [0, 0.05) is 18.3 Å². The van der Waals surface area contributed by atoms with Crippen molar-refractivity contribution in [3.05, 3.63) is 18.0 Å². The fourth-order valence-electron chi connectivity index (χ4n) is 2.91. The zero-order chi connectivity index (χ0) is 12.3. The first-order chi connectivity index (χ1) is 8.15. The number of aromatic nitrogens is 2. The first kappa shape index (κ1) is 12.6. The summed E-state index contributed by atoms with van der Waals surface area (Å²) < 4.78 is 1.94. The molecule has 0 aromatic carbocycles. The fraction of sp³-hybridized carbons (Fsp3) is 0.786. The van der Waals surface area contributed by atoms with Crippen LogP contribution in [-0.4, -0.2) is 14.9 Å². The van der Waals surface area contributed by atoms with Gasteiger partial charge in [-0.15, -0.1) is 0 Å². The van der Waals surface area contributed by atoms with Gasteiger partial charge in [0.15, 0.2) is 0 Å². The Morgan fingerprint density at radius 1 is 1.41 bits per heavy atom. The third-order valence-corrected chi connectivity index (χ3v) is 4.08. The summed E-state index contributed by atoms with van der Waals surface area (Å²) in [5.74, 6) is 0. The third-order valence-electron chi connectivity index (χ3n) is 4.08. The number of nitrogens with zero attached hydrogens (tertiary/aromatic N) is 2. The number of hydrogen-bond acceptors (Lipinski definition) is 2. The summed E-state index contributed by atoms with van der Waals surface area (Å²) in [5.41, 5.74) is 1.04. The average Bonchev–Trinajstić information content (AvgIpc) is 2.78. The van der Waals surface area contributed by atoms with E-state index >= 15 is 0 Å². The molecule has 1 N–H and O–H groups in total. The highest BCUT2D eigenvalue weighted by Crippen LogP contribution is 2.45. The van der Waals surface area contributed by atoms with E-state index in [9.17, 15) is 5.11 Å². The maximum Gasteiger partial charge on any atom is 0.0873 e. The van der Waals surface area contributed by atoms with Gasteiger partial charge in [0.25, 0.3) is 0 Å². The lowest BCUT2D eigenvalue weighted by Gasteiger charge is -2.37. The van der Waals surface area contributed by atoms with Crippen LogP contribution in [0.5, 0.6) is 0 Å². The third kappa shape index (κ3) is 2.71. The Morgan fingerprint density at radius 2 is 2.12 bits per heavy atom. The van der Waals surface area contributed by atoms with E-state index in [0.717, 1.165) is 31.4 Å². The molecule has 1 aromatic heterocycles. The molecule has 1 heterocycles. The van der Waals surface area contributed by atoms with Crippen LogP contribution in [0, 0.1) is 5.41 Å². The first-order valence-corrected chi connectivity index (χ1v) is 6.86. The molecule has 17 heavy (non-hydrogen) atoms. The molecule has 0 radical (unpaired) electrons. The summed E-state index contributed by atoms with van der Waals surface area (Å²) in [6.45, 7) is 5.29. The number of aliphatic hydroxyl groups is 1. The normalized spacial score (nSPS) is 21.4. The lowest BCUT2D eigenvalue weighted by atomic mass is 9.70. The molecule has 0 aliphatic heterocycles. The fourth-order valence-corrected chi connectivity index (χ4v) is 2.91. The average molecular weight is 236 g/mol. The molecular formula is C14H24N2O. The Hall–Kier alpha value is -0.830. The summed E-state index contributed by atoms with van der Waals surface area (Å²) in [6.07, 6.45) is 10.6. The van der Waals surface area contributed by atoms with E-state index in [2.05, 4.69) is 18.9 Å². The second kappa shape index (κ2) is 5.21. The van der Waals surface area contributed by atoms with Crippen LogP contribution in [0.15, 0.2) is 12.4 Å². The molecule has 0 saturated heterocycles. The van der Waals surface area contributed by atoms with Gasteiger partial charge < -0.3 is 5.11 Å². The van der Waals surface area contributed by atoms with Crippen molar-refractivity contribution in [3.8, 4) is 0 Å². The maximum atomic E-state index is 10.5. The van der Waals surface area contributed by atoms with Gasteiger partial charge in [0.1, 0.15) is 0 Å². The highest BCUT2D eigenvalue weighted by Gasteiger charge is 2.35. The largest absolute Gasteiger partial charge is 0.388 e. The van der Waals surface area contributed by atoms with Gasteiger partial charge in [-0.3, -0.25) is 4.68 Å². The lowest BCUT2D eigenvalue weighted by Crippen LogP contribution is -2.28. The number of rotatable bonds is 4. The van der Waals surface area contributed by atoms with Gasteiger partial charge in [-0.1, -0.05) is 33.1 Å². The highest BCUT2D eigenvalue weighted by molar-refractivity contribution is 5.12. The molecule has 1 aliphatic carbocycles. The predicted molar refractivity (Wildman–Crippen MR) is 68.7 cm³/mol. The summed E-state index contributed by atoms with van der Waals surface area (Å²) >= 11 is 0. The van der Waals surface area contributed by atoms with Crippen LogP contribution >= 0.6 is 0 Å². The molecule has 1 saturated carbocycles. The van der Waals surface area contributed by atoms with Crippen molar-refractivity contribution in [1.29, 1.82) is 0 Å². The standard InChI is InChI=1S/C14H24N2O/c1-3-9-16-11-12(10-15-16)13(17)14(2)7-5-4-6-8-14/h10-11,13,17H,3-9H2,1-2H3. The van der Waals surface area contributed by atoms with E-state index in [0.29, 0.717) is 0 Å². The van der Waals surface area contributed by atoms with Crippen LogP contribution in [0.1, 0.15) is 64.0 Å². The molecule has 0 amide bonds. The van der Waals surface area contributed by atoms with Crippen molar-refractivity contribution in [1.82, 2.24) is 9.78 Å². The zero-order valence-electron chi connectivity index (χ0n) is 11.0. The summed E-state index contributed by atoms with van der Waals surface area (Å²) in [4.78, 5) is 0. The van der Waals surface area contributed by atoms with E-state index in [-0.39, 0.29) is 11.5 Å².